The molecule has 20 heavy (non-hydrogen) atoms. The van der Waals surface area contributed by atoms with Crippen molar-refractivity contribution in [3.8, 4) is 5.88 Å². The summed E-state index contributed by atoms with van der Waals surface area (Å²) < 4.78 is 31.8. The van der Waals surface area contributed by atoms with Crippen LogP contribution in [0, 0.1) is 11.6 Å². The third-order valence-corrected chi connectivity index (χ3v) is 2.52. The molecule has 1 aromatic carbocycles. The van der Waals surface area contributed by atoms with Gasteiger partial charge >= 0.3 is 0 Å². The van der Waals surface area contributed by atoms with Crippen molar-refractivity contribution in [2.24, 2.45) is 0 Å². The molecule has 0 aliphatic carbocycles. The van der Waals surface area contributed by atoms with Gasteiger partial charge in [0, 0.05) is 18.8 Å². The molecule has 2 rings (SSSR count). The standard InChI is InChI=1S/C15H16F2N2O/c1-10(2)20-15-14(4-3-5-18-15)19-9-11-6-12(16)8-13(17)7-11/h3-8,10,19H,9H2,1-2H3. The minimum Gasteiger partial charge on any atom is -0.473 e. The summed E-state index contributed by atoms with van der Waals surface area (Å²) in [6.45, 7) is 4.09. The lowest BCUT2D eigenvalue weighted by atomic mass is 10.2. The number of hydrogen-bond donors (Lipinski definition) is 1. The zero-order chi connectivity index (χ0) is 14.5. The Morgan fingerprint density at radius 2 is 1.90 bits per heavy atom. The lowest BCUT2D eigenvalue weighted by Crippen LogP contribution is -2.10. The van der Waals surface area contributed by atoms with Gasteiger partial charge in [-0.25, -0.2) is 13.8 Å². The molecule has 1 N–H and O–H groups in total. The molecule has 0 unspecified atom stereocenters. The Balaban J connectivity index is 2.10. The maximum Gasteiger partial charge on any atom is 0.237 e. The quantitative estimate of drug-likeness (QED) is 0.904. The van der Waals surface area contributed by atoms with Gasteiger partial charge in [0.15, 0.2) is 0 Å². The fourth-order valence-corrected chi connectivity index (χ4v) is 1.75. The Labute approximate surface area is 116 Å². The Hall–Kier alpha value is -2.17. The van der Waals surface area contributed by atoms with Gasteiger partial charge < -0.3 is 10.1 Å². The number of rotatable bonds is 5. The molecule has 1 aromatic heterocycles. The number of pyridine rings is 1. The minimum atomic E-state index is -0.591. The van der Waals surface area contributed by atoms with E-state index < -0.39 is 11.6 Å². The van der Waals surface area contributed by atoms with Crippen LogP contribution in [-0.2, 0) is 6.54 Å². The molecule has 2 aromatic rings. The molecule has 0 saturated carbocycles. The van der Waals surface area contributed by atoms with Gasteiger partial charge in [-0.3, -0.25) is 0 Å². The molecule has 0 spiro atoms. The van der Waals surface area contributed by atoms with Crippen molar-refractivity contribution in [3.05, 3.63) is 53.7 Å². The van der Waals surface area contributed by atoms with Crippen molar-refractivity contribution in [2.45, 2.75) is 26.5 Å². The van der Waals surface area contributed by atoms with Crippen molar-refractivity contribution in [1.82, 2.24) is 4.98 Å². The first-order valence-corrected chi connectivity index (χ1v) is 6.35. The second-order valence-corrected chi connectivity index (χ2v) is 4.65. The molecular formula is C15H16F2N2O. The molecule has 0 aliphatic rings. The van der Waals surface area contributed by atoms with Gasteiger partial charge in [-0.15, -0.1) is 0 Å². The summed E-state index contributed by atoms with van der Waals surface area (Å²) >= 11 is 0. The molecule has 0 amide bonds. The molecule has 0 bridgehead atoms. The van der Waals surface area contributed by atoms with E-state index in [0.29, 0.717) is 17.1 Å². The van der Waals surface area contributed by atoms with Gasteiger partial charge in [-0.1, -0.05) is 0 Å². The number of benzene rings is 1. The van der Waals surface area contributed by atoms with Crippen molar-refractivity contribution in [3.63, 3.8) is 0 Å². The molecule has 3 nitrogen and oxygen atoms in total. The van der Waals surface area contributed by atoms with Crippen LogP contribution in [0.5, 0.6) is 5.88 Å². The van der Waals surface area contributed by atoms with E-state index in [2.05, 4.69) is 10.3 Å². The average Bonchev–Trinajstić information content (AvgIpc) is 2.36. The second-order valence-electron chi connectivity index (χ2n) is 4.65. The lowest BCUT2D eigenvalue weighted by molar-refractivity contribution is 0.234. The molecule has 0 saturated heterocycles. The Kier molecular flexibility index (Phi) is 4.50. The molecule has 1 heterocycles. The molecular weight excluding hydrogens is 262 g/mol. The maximum atomic E-state index is 13.1. The van der Waals surface area contributed by atoms with Crippen LogP contribution in [0.4, 0.5) is 14.5 Å². The van der Waals surface area contributed by atoms with E-state index >= 15 is 0 Å². The van der Waals surface area contributed by atoms with Gasteiger partial charge in [0.25, 0.3) is 0 Å². The van der Waals surface area contributed by atoms with Gasteiger partial charge in [0.05, 0.1) is 11.8 Å². The van der Waals surface area contributed by atoms with Gasteiger partial charge in [-0.05, 0) is 43.7 Å². The van der Waals surface area contributed by atoms with Gasteiger partial charge in [-0.2, -0.15) is 0 Å². The van der Waals surface area contributed by atoms with E-state index in [9.17, 15) is 8.78 Å². The maximum absolute atomic E-state index is 13.1. The predicted octanol–water partition coefficient (Wildman–Crippen LogP) is 3.76. The smallest absolute Gasteiger partial charge is 0.237 e. The summed E-state index contributed by atoms with van der Waals surface area (Å²) in [5.74, 6) is -0.711. The summed E-state index contributed by atoms with van der Waals surface area (Å²) in [5, 5.41) is 3.07. The summed E-state index contributed by atoms with van der Waals surface area (Å²) in [7, 11) is 0. The molecule has 0 radical (unpaired) electrons. The van der Waals surface area contributed by atoms with Crippen LogP contribution in [0.1, 0.15) is 19.4 Å². The van der Waals surface area contributed by atoms with Crippen molar-refractivity contribution in [1.29, 1.82) is 0 Å². The van der Waals surface area contributed by atoms with E-state index in [4.69, 9.17) is 4.74 Å². The Bertz CT molecular complexity index is 568. The highest BCUT2D eigenvalue weighted by molar-refractivity contribution is 5.52. The summed E-state index contributed by atoms with van der Waals surface area (Å²) in [5.41, 5.74) is 1.20. The first-order chi connectivity index (χ1) is 9.54. The summed E-state index contributed by atoms with van der Waals surface area (Å²) in [4.78, 5) is 4.13. The van der Waals surface area contributed by atoms with Crippen LogP contribution in [0.3, 0.4) is 0 Å². The van der Waals surface area contributed by atoms with Crippen LogP contribution in [-0.4, -0.2) is 11.1 Å². The summed E-state index contributed by atoms with van der Waals surface area (Å²) in [6, 6.07) is 6.99. The first-order valence-electron chi connectivity index (χ1n) is 6.35. The number of ether oxygens (including phenoxy) is 1. The van der Waals surface area contributed by atoms with Crippen LogP contribution >= 0.6 is 0 Å². The third kappa shape index (κ3) is 3.91. The average molecular weight is 278 g/mol. The van der Waals surface area contributed by atoms with E-state index in [1.807, 2.05) is 13.8 Å². The van der Waals surface area contributed by atoms with Gasteiger partial charge in [0.1, 0.15) is 11.6 Å². The predicted molar refractivity (Wildman–Crippen MR) is 73.7 cm³/mol. The normalized spacial score (nSPS) is 10.7. The number of nitrogens with zero attached hydrogens (tertiary/aromatic N) is 1. The van der Waals surface area contributed by atoms with Crippen LogP contribution in [0.2, 0.25) is 0 Å². The number of hydrogen-bond acceptors (Lipinski definition) is 3. The molecule has 0 fully saturated rings. The highest BCUT2D eigenvalue weighted by Gasteiger charge is 2.07. The van der Waals surface area contributed by atoms with Crippen molar-refractivity contribution in [2.75, 3.05) is 5.32 Å². The first kappa shape index (κ1) is 14.2. The van der Waals surface area contributed by atoms with E-state index in [-0.39, 0.29) is 12.6 Å². The second kappa shape index (κ2) is 6.32. The number of nitrogens with one attached hydrogen (secondary N) is 1. The highest BCUT2D eigenvalue weighted by atomic mass is 19.1. The Morgan fingerprint density at radius 1 is 1.20 bits per heavy atom. The van der Waals surface area contributed by atoms with E-state index in [1.54, 1.807) is 18.3 Å². The van der Waals surface area contributed by atoms with Gasteiger partial charge in [0.2, 0.25) is 5.88 Å². The largest absolute Gasteiger partial charge is 0.473 e. The Morgan fingerprint density at radius 3 is 2.55 bits per heavy atom. The molecule has 0 aliphatic heterocycles. The minimum absolute atomic E-state index is 0.00272. The van der Waals surface area contributed by atoms with Crippen LogP contribution in [0.15, 0.2) is 36.5 Å². The van der Waals surface area contributed by atoms with E-state index in [1.165, 1.54) is 12.1 Å². The molecule has 0 atom stereocenters. The zero-order valence-electron chi connectivity index (χ0n) is 11.4. The zero-order valence-corrected chi connectivity index (χ0v) is 11.4. The van der Waals surface area contributed by atoms with Crippen molar-refractivity contribution >= 4 is 5.69 Å². The SMILES string of the molecule is CC(C)Oc1ncccc1NCc1cc(F)cc(F)c1. The topological polar surface area (TPSA) is 34.1 Å². The number of aromatic nitrogens is 1. The van der Waals surface area contributed by atoms with Crippen molar-refractivity contribution < 1.29 is 13.5 Å². The lowest BCUT2D eigenvalue weighted by Gasteiger charge is -2.14. The monoisotopic (exact) mass is 278 g/mol. The third-order valence-electron chi connectivity index (χ3n) is 2.52. The highest BCUT2D eigenvalue weighted by Crippen LogP contribution is 2.22. The molecule has 5 heteroatoms. The fraction of sp³-hybridized carbons (Fsp3) is 0.267. The molecule has 106 valence electrons. The van der Waals surface area contributed by atoms with Crippen LogP contribution < -0.4 is 10.1 Å². The number of anilines is 1. The van der Waals surface area contributed by atoms with Crippen LogP contribution in [0.25, 0.3) is 0 Å². The fourth-order valence-electron chi connectivity index (χ4n) is 1.75. The number of halogens is 2. The summed E-state index contributed by atoms with van der Waals surface area (Å²) in [6.07, 6.45) is 1.63. The van der Waals surface area contributed by atoms with E-state index in [0.717, 1.165) is 6.07 Å².